The fourth-order valence-electron chi connectivity index (χ4n) is 2.53. The van der Waals surface area contributed by atoms with Crippen molar-refractivity contribution in [3.8, 4) is 11.3 Å². The lowest BCUT2D eigenvalue weighted by Gasteiger charge is -2.15. The second kappa shape index (κ2) is 8.79. The fraction of sp³-hybridized carbons (Fsp3) is 0.150. The Morgan fingerprint density at radius 1 is 1.14 bits per heavy atom. The van der Waals surface area contributed by atoms with Gasteiger partial charge >= 0.3 is 0 Å². The molecule has 28 heavy (non-hydrogen) atoms. The quantitative estimate of drug-likeness (QED) is 0.479. The Kier molecular flexibility index (Phi) is 6.20. The van der Waals surface area contributed by atoms with Crippen LogP contribution >= 0.6 is 11.8 Å². The van der Waals surface area contributed by atoms with Crippen molar-refractivity contribution < 1.29 is 13.6 Å². The highest BCUT2D eigenvalue weighted by molar-refractivity contribution is 8.00. The summed E-state index contributed by atoms with van der Waals surface area (Å²) in [6, 6.07) is 13.9. The summed E-state index contributed by atoms with van der Waals surface area (Å²) >= 11 is 1.03. The molecule has 1 heterocycles. The molecule has 2 N–H and O–H groups in total. The number of amides is 1. The summed E-state index contributed by atoms with van der Waals surface area (Å²) in [5.74, 6) is -2.29. The predicted molar refractivity (Wildman–Crippen MR) is 105 cm³/mol. The number of rotatable bonds is 6. The van der Waals surface area contributed by atoms with E-state index in [0.29, 0.717) is 12.1 Å². The molecule has 0 aliphatic heterocycles. The van der Waals surface area contributed by atoms with E-state index in [1.807, 2.05) is 30.3 Å². The van der Waals surface area contributed by atoms with Gasteiger partial charge in [0.25, 0.3) is 5.56 Å². The molecule has 0 saturated carbocycles. The molecule has 144 valence electrons. The molecule has 8 heteroatoms. The largest absolute Gasteiger partial charge is 0.320 e. The Bertz CT molecular complexity index is 1020. The maximum atomic E-state index is 13.8. The third kappa shape index (κ3) is 4.64. The summed E-state index contributed by atoms with van der Waals surface area (Å²) in [6.45, 7) is 1.76. The topological polar surface area (TPSA) is 74.8 Å². The highest BCUT2D eigenvalue weighted by atomic mass is 32.2. The summed E-state index contributed by atoms with van der Waals surface area (Å²) in [7, 11) is 0. The van der Waals surface area contributed by atoms with Crippen LogP contribution in [0.4, 0.5) is 14.5 Å². The van der Waals surface area contributed by atoms with E-state index in [-0.39, 0.29) is 10.7 Å². The first-order chi connectivity index (χ1) is 13.5. The highest BCUT2D eigenvalue weighted by Gasteiger charge is 2.22. The molecule has 0 fully saturated rings. The summed E-state index contributed by atoms with van der Waals surface area (Å²) in [6.07, 6.45) is 0.367. The van der Waals surface area contributed by atoms with E-state index in [0.717, 1.165) is 29.5 Å². The zero-order chi connectivity index (χ0) is 20.1. The average Bonchev–Trinajstić information content (AvgIpc) is 2.69. The smallest absolute Gasteiger partial charge is 0.252 e. The van der Waals surface area contributed by atoms with Gasteiger partial charge in [-0.3, -0.25) is 9.59 Å². The highest BCUT2D eigenvalue weighted by Crippen LogP contribution is 2.26. The first-order valence-electron chi connectivity index (χ1n) is 8.56. The number of nitrogens with zero attached hydrogens (tertiary/aromatic N) is 1. The summed E-state index contributed by atoms with van der Waals surface area (Å²) < 4.78 is 27.6. The Balaban J connectivity index is 1.82. The standard InChI is InChI=1S/C20H17F2N3O2S/c1-2-16(19(27)25-18-13(21)9-6-10-14(18)22)28-20-23-15(11-17(26)24-20)12-7-4-3-5-8-12/h3-11,16H,2H2,1H3,(H,25,27)(H,23,24,26). The molecule has 1 amide bonds. The van der Waals surface area contributed by atoms with Crippen LogP contribution in [0.15, 0.2) is 64.5 Å². The third-order valence-corrected chi connectivity index (χ3v) is 5.17. The van der Waals surface area contributed by atoms with Gasteiger partial charge in [-0.25, -0.2) is 13.8 Å². The van der Waals surface area contributed by atoms with Crippen molar-refractivity contribution in [2.24, 2.45) is 0 Å². The molecule has 0 bridgehead atoms. The molecular weight excluding hydrogens is 384 g/mol. The SMILES string of the molecule is CCC(Sc1nc(-c2ccccc2)cc(=O)[nH]1)C(=O)Nc1c(F)cccc1F. The van der Waals surface area contributed by atoms with Gasteiger partial charge in [0.1, 0.15) is 17.3 Å². The van der Waals surface area contributed by atoms with Crippen LogP contribution in [0.2, 0.25) is 0 Å². The van der Waals surface area contributed by atoms with Crippen molar-refractivity contribution in [3.05, 3.63) is 76.6 Å². The minimum absolute atomic E-state index is 0.252. The number of benzene rings is 2. The van der Waals surface area contributed by atoms with Gasteiger partial charge in [-0.1, -0.05) is 55.1 Å². The number of carbonyl (C=O) groups excluding carboxylic acids is 1. The lowest BCUT2D eigenvalue weighted by Crippen LogP contribution is -2.26. The van der Waals surface area contributed by atoms with E-state index in [2.05, 4.69) is 15.3 Å². The van der Waals surface area contributed by atoms with Gasteiger partial charge in [0, 0.05) is 11.6 Å². The zero-order valence-electron chi connectivity index (χ0n) is 14.9. The van der Waals surface area contributed by atoms with Gasteiger partial charge in [0.05, 0.1) is 10.9 Å². The van der Waals surface area contributed by atoms with Crippen LogP contribution in [0.1, 0.15) is 13.3 Å². The third-order valence-electron chi connectivity index (χ3n) is 3.92. The molecule has 3 rings (SSSR count). The second-order valence-electron chi connectivity index (χ2n) is 5.90. The number of anilines is 1. The number of aromatic amines is 1. The van der Waals surface area contributed by atoms with Crippen LogP contribution in [0, 0.1) is 11.6 Å². The first-order valence-corrected chi connectivity index (χ1v) is 9.44. The van der Waals surface area contributed by atoms with Crippen LogP contribution in [0.3, 0.4) is 0 Å². The molecule has 1 aromatic heterocycles. The predicted octanol–water partition coefficient (Wildman–Crippen LogP) is 4.22. The molecule has 0 aliphatic rings. The molecule has 0 spiro atoms. The van der Waals surface area contributed by atoms with Gasteiger partial charge in [-0.05, 0) is 18.6 Å². The normalized spacial score (nSPS) is 11.8. The van der Waals surface area contributed by atoms with Crippen LogP contribution in [0.5, 0.6) is 0 Å². The number of thioether (sulfide) groups is 1. The van der Waals surface area contributed by atoms with E-state index >= 15 is 0 Å². The number of carbonyl (C=O) groups is 1. The van der Waals surface area contributed by atoms with Crippen LogP contribution in [-0.4, -0.2) is 21.1 Å². The molecule has 1 atom stereocenters. The van der Waals surface area contributed by atoms with Crippen molar-refractivity contribution in [1.82, 2.24) is 9.97 Å². The van der Waals surface area contributed by atoms with Crippen molar-refractivity contribution in [3.63, 3.8) is 0 Å². The van der Waals surface area contributed by atoms with Crippen LogP contribution in [-0.2, 0) is 4.79 Å². The van der Waals surface area contributed by atoms with E-state index in [1.54, 1.807) is 6.92 Å². The van der Waals surface area contributed by atoms with E-state index < -0.39 is 28.5 Å². The molecule has 0 aliphatic carbocycles. The van der Waals surface area contributed by atoms with Crippen molar-refractivity contribution in [2.75, 3.05) is 5.32 Å². The van der Waals surface area contributed by atoms with Gasteiger partial charge in [0.2, 0.25) is 5.91 Å². The average molecular weight is 401 g/mol. The second-order valence-corrected chi connectivity index (χ2v) is 7.09. The lowest BCUT2D eigenvalue weighted by molar-refractivity contribution is -0.115. The molecular formula is C20H17F2N3O2S. The monoisotopic (exact) mass is 401 g/mol. The van der Waals surface area contributed by atoms with E-state index in [1.165, 1.54) is 12.1 Å². The molecule has 2 aromatic carbocycles. The Hall–Kier alpha value is -3.00. The van der Waals surface area contributed by atoms with Gasteiger partial charge in [-0.15, -0.1) is 0 Å². The van der Waals surface area contributed by atoms with Crippen molar-refractivity contribution >= 4 is 23.4 Å². The maximum Gasteiger partial charge on any atom is 0.252 e. The maximum absolute atomic E-state index is 13.8. The van der Waals surface area contributed by atoms with E-state index in [9.17, 15) is 18.4 Å². The molecule has 5 nitrogen and oxygen atoms in total. The van der Waals surface area contributed by atoms with Gasteiger partial charge < -0.3 is 10.3 Å². The molecule has 3 aromatic rings. The van der Waals surface area contributed by atoms with Crippen molar-refractivity contribution in [1.29, 1.82) is 0 Å². The number of nitrogens with one attached hydrogen (secondary N) is 2. The Morgan fingerprint density at radius 2 is 1.82 bits per heavy atom. The van der Waals surface area contributed by atoms with Gasteiger partial charge in [0.15, 0.2) is 5.16 Å². The fourth-order valence-corrected chi connectivity index (χ4v) is 3.44. The number of hydrogen-bond acceptors (Lipinski definition) is 4. The summed E-state index contributed by atoms with van der Waals surface area (Å²) in [5.41, 5.74) is 0.390. The van der Waals surface area contributed by atoms with Crippen LogP contribution in [0.25, 0.3) is 11.3 Å². The number of halogens is 2. The van der Waals surface area contributed by atoms with Crippen molar-refractivity contribution in [2.45, 2.75) is 23.8 Å². The van der Waals surface area contributed by atoms with Crippen LogP contribution < -0.4 is 10.9 Å². The molecule has 0 saturated heterocycles. The zero-order valence-corrected chi connectivity index (χ0v) is 15.7. The van der Waals surface area contributed by atoms with Gasteiger partial charge in [-0.2, -0.15) is 0 Å². The number of hydrogen-bond donors (Lipinski definition) is 2. The Morgan fingerprint density at radius 3 is 2.46 bits per heavy atom. The van der Waals surface area contributed by atoms with E-state index in [4.69, 9.17) is 0 Å². The Labute approximate surface area is 164 Å². The first kappa shape index (κ1) is 19.8. The summed E-state index contributed by atoms with van der Waals surface area (Å²) in [5, 5.41) is 1.83. The number of aromatic nitrogens is 2. The molecule has 0 radical (unpaired) electrons. The number of para-hydroxylation sites is 1. The number of H-pyrrole nitrogens is 1. The molecule has 1 unspecified atom stereocenters. The summed E-state index contributed by atoms with van der Waals surface area (Å²) in [4.78, 5) is 31.5. The lowest BCUT2D eigenvalue weighted by atomic mass is 10.1. The minimum Gasteiger partial charge on any atom is -0.320 e. The minimum atomic E-state index is -0.856.